The number of methoxy groups -OCH3 is 2. The maximum Gasteiger partial charge on any atom is 0.412 e. The molecular weight excluding hydrogens is 446 g/mol. The van der Waals surface area contributed by atoms with Gasteiger partial charge in [0.2, 0.25) is 0 Å². The van der Waals surface area contributed by atoms with E-state index in [0.717, 1.165) is 5.56 Å². The van der Waals surface area contributed by atoms with Crippen molar-refractivity contribution in [2.24, 2.45) is 0 Å². The van der Waals surface area contributed by atoms with Gasteiger partial charge < -0.3 is 24.1 Å². The number of fused-ring (bicyclic) bond motifs is 2. The lowest BCUT2D eigenvalue weighted by atomic mass is 9.95. The van der Waals surface area contributed by atoms with Crippen LogP contribution in [0, 0.1) is 0 Å². The smallest absolute Gasteiger partial charge is 0.412 e. The molecule has 0 spiro atoms. The molecule has 0 aliphatic carbocycles. The van der Waals surface area contributed by atoms with Crippen molar-refractivity contribution in [3.8, 4) is 5.75 Å². The molecule has 0 saturated carbocycles. The van der Waals surface area contributed by atoms with Crippen molar-refractivity contribution in [2.75, 3.05) is 26.1 Å². The number of urea groups is 1. The predicted molar refractivity (Wildman–Crippen MR) is 116 cm³/mol. The van der Waals surface area contributed by atoms with E-state index in [-0.39, 0.29) is 30.6 Å². The van der Waals surface area contributed by atoms with Crippen molar-refractivity contribution < 1.29 is 33.1 Å². The first-order valence-corrected chi connectivity index (χ1v) is 10.2. The average molecular weight is 465 g/mol. The van der Waals surface area contributed by atoms with Crippen LogP contribution in [0.1, 0.15) is 21.7 Å². The van der Waals surface area contributed by atoms with E-state index in [4.69, 9.17) is 9.15 Å². The van der Waals surface area contributed by atoms with Gasteiger partial charge in [0.15, 0.2) is 11.1 Å². The molecule has 12 heteroatoms. The molecule has 1 atom stereocenters. The van der Waals surface area contributed by atoms with Gasteiger partial charge in [-0.1, -0.05) is 6.07 Å². The number of hydrogen-bond donors (Lipinski definition) is 3. The summed E-state index contributed by atoms with van der Waals surface area (Å²) in [4.78, 5) is 55.5. The fourth-order valence-electron chi connectivity index (χ4n) is 4.10. The Balaban J connectivity index is 1.50. The van der Waals surface area contributed by atoms with E-state index in [1.807, 2.05) is 0 Å². The lowest BCUT2D eigenvalue weighted by molar-refractivity contribution is -0.125. The quantitative estimate of drug-likeness (QED) is 0.482. The van der Waals surface area contributed by atoms with Crippen LogP contribution in [0.25, 0.3) is 11.1 Å². The van der Waals surface area contributed by atoms with Crippen molar-refractivity contribution in [3.63, 3.8) is 0 Å². The number of rotatable bonds is 5. The third-order valence-electron chi connectivity index (χ3n) is 5.78. The minimum atomic E-state index is -1.67. The number of benzene rings is 1. The molecule has 3 N–H and O–H groups in total. The average Bonchev–Trinajstić information content (AvgIpc) is 3.47. The molecular formula is C22H19N5O7. The van der Waals surface area contributed by atoms with Gasteiger partial charge >= 0.3 is 12.1 Å². The molecule has 3 aromatic rings. The van der Waals surface area contributed by atoms with E-state index < -0.39 is 23.6 Å². The van der Waals surface area contributed by atoms with Crippen LogP contribution in [-0.4, -0.2) is 54.6 Å². The lowest BCUT2D eigenvalue weighted by Crippen LogP contribution is -2.52. The number of carbonyl (C=O) groups is 4. The number of amides is 5. The second-order valence-corrected chi connectivity index (χ2v) is 7.80. The highest BCUT2D eigenvalue weighted by atomic mass is 16.5. The monoisotopic (exact) mass is 465 g/mol. The number of carbonyl (C=O) groups excluding carboxylic acids is 4. The molecule has 0 bridgehead atoms. The zero-order valence-corrected chi connectivity index (χ0v) is 18.1. The van der Waals surface area contributed by atoms with Crippen LogP contribution < -0.4 is 20.7 Å². The fourth-order valence-corrected chi connectivity index (χ4v) is 4.10. The number of furan rings is 1. The van der Waals surface area contributed by atoms with Crippen LogP contribution in [0.4, 0.5) is 15.4 Å². The highest BCUT2D eigenvalue weighted by molar-refractivity contribution is 6.08. The van der Waals surface area contributed by atoms with Crippen molar-refractivity contribution in [2.45, 2.75) is 12.1 Å². The molecule has 0 radical (unpaired) electrons. The third kappa shape index (κ3) is 3.36. The Labute approximate surface area is 192 Å². The van der Waals surface area contributed by atoms with Gasteiger partial charge in [0.05, 0.1) is 20.8 Å². The first-order chi connectivity index (χ1) is 16.3. The number of nitrogens with zero attached hydrogens (tertiary/aromatic N) is 2. The van der Waals surface area contributed by atoms with Crippen LogP contribution in [0.2, 0.25) is 0 Å². The third-order valence-corrected chi connectivity index (χ3v) is 5.78. The molecule has 174 valence electrons. The minimum Gasteiger partial charge on any atom is -0.497 e. The summed E-state index contributed by atoms with van der Waals surface area (Å²) in [5.74, 6) is -0.128. The predicted octanol–water partition coefficient (Wildman–Crippen LogP) is 1.71. The first kappa shape index (κ1) is 21.2. The van der Waals surface area contributed by atoms with Gasteiger partial charge in [-0.2, -0.15) is 0 Å². The van der Waals surface area contributed by atoms with E-state index in [0.29, 0.717) is 22.4 Å². The lowest BCUT2D eigenvalue weighted by Gasteiger charge is -2.28. The molecule has 4 heterocycles. The number of pyridine rings is 1. The standard InChI is InChI=1S/C22H19N5O7/c1-32-12-4-3-11-9-27(18(28)13(11)7-12)10-22(19(29)25-20(30)26-22)16-8-14-15(34-16)5-6-17(23-14)24-21(31)33-2/h3-8H,9-10H2,1-2H3,(H,23,24,31)(H2,25,26,29,30). The number of ether oxygens (including phenoxy) is 2. The highest BCUT2D eigenvalue weighted by Crippen LogP contribution is 2.35. The van der Waals surface area contributed by atoms with Crippen molar-refractivity contribution in [3.05, 3.63) is 53.3 Å². The zero-order chi connectivity index (χ0) is 24.0. The van der Waals surface area contributed by atoms with Gasteiger partial charge in [-0.15, -0.1) is 0 Å². The van der Waals surface area contributed by atoms with Crippen LogP contribution in [-0.2, 0) is 21.6 Å². The summed E-state index contributed by atoms with van der Waals surface area (Å²) in [5, 5.41) is 7.29. The Morgan fingerprint density at radius 1 is 1.21 bits per heavy atom. The topological polar surface area (TPSA) is 152 Å². The molecule has 1 aromatic carbocycles. The Kier molecular flexibility index (Phi) is 4.85. The van der Waals surface area contributed by atoms with E-state index in [9.17, 15) is 19.2 Å². The maximum atomic E-state index is 13.1. The summed E-state index contributed by atoms with van der Waals surface area (Å²) < 4.78 is 15.6. The van der Waals surface area contributed by atoms with E-state index in [1.165, 1.54) is 31.3 Å². The number of nitrogens with one attached hydrogen (secondary N) is 3. The summed E-state index contributed by atoms with van der Waals surface area (Å²) in [5.41, 5.74) is 0.215. The number of hydrogen-bond acceptors (Lipinski definition) is 8. The Morgan fingerprint density at radius 3 is 2.74 bits per heavy atom. The highest BCUT2D eigenvalue weighted by Gasteiger charge is 2.53. The Hall–Kier alpha value is -4.61. The molecule has 34 heavy (non-hydrogen) atoms. The van der Waals surface area contributed by atoms with Crippen LogP contribution in [0.5, 0.6) is 5.75 Å². The molecule has 1 unspecified atom stereocenters. The molecule has 2 aromatic heterocycles. The van der Waals surface area contributed by atoms with E-state index >= 15 is 0 Å². The molecule has 2 aliphatic rings. The second-order valence-electron chi connectivity index (χ2n) is 7.80. The minimum absolute atomic E-state index is 0.0925. The largest absolute Gasteiger partial charge is 0.497 e. The normalized spacial score (nSPS) is 19.1. The number of aromatic nitrogens is 1. The van der Waals surface area contributed by atoms with E-state index in [2.05, 4.69) is 25.7 Å². The SMILES string of the molecule is COC(=O)Nc1ccc2oc(C3(CN4Cc5ccc(OC)cc5C4=O)NC(=O)NC3=O)cc2n1. The fraction of sp³-hybridized carbons (Fsp3) is 0.227. The maximum absolute atomic E-state index is 13.1. The van der Waals surface area contributed by atoms with Crippen molar-refractivity contribution in [1.82, 2.24) is 20.5 Å². The van der Waals surface area contributed by atoms with Gasteiger partial charge in [-0.05, 0) is 29.8 Å². The van der Waals surface area contributed by atoms with Gasteiger partial charge in [-0.25, -0.2) is 14.6 Å². The summed E-state index contributed by atoms with van der Waals surface area (Å²) in [6, 6.07) is 9.01. The molecule has 1 saturated heterocycles. The van der Waals surface area contributed by atoms with Crippen LogP contribution in [0.15, 0.2) is 40.8 Å². The summed E-state index contributed by atoms with van der Waals surface area (Å²) in [7, 11) is 2.73. The summed E-state index contributed by atoms with van der Waals surface area (Å²) in [6.45, 7) is 0.0717. The number of imide groups is 1. The van der Waals surface area contributed by atoms with Crippen LogP contribution >= 0.6 is 0 Å². The first-order valence-electron chi connectivity index (χ1n) is 10.2. The van der Waals surface area contributed by atoms with Crippen LogP contribution in [0.3, 0.4) is 0 Å². The number of anilines is 1. The van der Waals surface area contributed by atoms with Gasteiger partial charge in [0.25, 0.3) is 11.8 Å². The van der Waals surface area contributed by atoms with Crippen molar-refractivity contribution >= 4 is 40.9 Å². The van der Waals surface area contributed by atoms with E-state index in [1.54, 1.807) is 24.3 Å². The molecule has 1 fully saturated rings. The Morgan fingerprint density at radius 2 is 2.03 bits per heavy atom. The Bertz CT molecular complexity index is 1370. The van der Waals surface area contributed by atoms with Gasteiger partial charge in [-0.3, -0.25) is 20.2 Å². The summed E-state index contributed by atoms with van der Waals surface area (Å²) >= 11 is 0. The van der Waals surface area contributed by atoms with Gasteiger partial charge in [0, 0.05) is 18.2 Å². The molecule has 2 aliphatic heterocycles. The molecule has 5 rings (SSSR count). The van der Waals surface area contributed by atoms with Gasteiger partial charge in [0.1, 0.15) is 22.8 Å². The molecule has 5 amide bonds. The van der Waals surface area contributed by atoms with Crippen molar-refractivity contribution in [1.29, 1.82) is 0 Å². The summed E-state index contributed by atoms with van der Waals surface area (Å²) in [6.07, 6.45) is -0.696. The zero-order valence-electron chi connectivity index (χ0n) is 18.1. The second kappa shape index (κ2) is 7.76. The molecule has 12 nitrogen and oxygen atoms in total.